The maximum atomic E-state index is 12.4. The van der Waals surface area contributed by atoms with E-state index in [-0.39, 0.29) is 42.4 Å². The van der Waals surface area contributed by atoms with Crippen molar-refractivity contribution < 1.29 is 34.2 Å². The molecule has 12 nitrogen and oxygen atoms in total. The molecule has 0 bridgehead atoms. The number of hydrogen-bond donors (Lipinski definition) is 4. The molecule has 0 spiro atoms. The van der Waals surface area contributed by atoms with E-state index in [4.69, 9.17) is 10.6 Å². The first-order valence-electron chi connectivity index (χ1n) is 11.0. The maximum absolute atomic E-state index is 12.4. The number of carbonyl (C=O) groups is 5. The predicted molar refractivity (Wildman–Crippen MR) is 121 cm³/mol. The number of rotatable bonds is 10. The Labute approximate surface area is 200 Å². The van der Waals surface area contributed by atoms with Gasteiger partial charge in [-0.3, -0.25) is 19.2 Å². The van der Waals surface area contributed by atoms with E-state index in [2.05, 4.69) is 15.4 Å². The Balaban J connectivity index is 1.60. The van der Waals surface area contributed by atoms with Crippen LogP contribution in [0.1, 0.15) is 54.4 Å². The molecule has 0 fully saturated rings. The van der Waals surface area contributed by atoms with Crippen LogP contribution in [-0.4, -0.2) is 63.2 Å². The summed E-state index contributed by atoms with van der Waals surface area (Å²) in [5.74, 6) is -3.51. The molecule has 0 aromatic heterocycles. The van der Waals surface area contributed by atoms with Crippen LogP contribution in [-0.2, 0) is 25.6 Å². The lowest BCUT2D eigenvalue weighted by atomic mass is 9.89. The van der Waals surface area contributed by atoms with Crippen LogP contribution in [0.3, 0.4) is 0 Å². The highest BCUT2D eigenvalue weighted by molar-refractivity contribution is 6.08. The van der Waals surface area contributed by atoms with Crippen LogP contribution >= 0.6 is 0 Å². The Morgan fingerprint density at radius 3 is 2.57 bits per heavy atom. The monoisotopic (exact) mass is 483 g/mol. The molecular weight excluding hydrogens is 458 g/mol. The Bertz CT molecular complexity index is 1110. The predicted octanol–water partition coefficient (Wildman–Crippen LogP) is 1.90. The second-order valence-corrected chi connectivity index (χ2v) is 8.31. The van der Waals surface area contributed by atoms with Gasteiger partial charge in [-0.05, 0) is 55.4 Å². The van der Waals surface area contributed by atoms with Gasteiger partial charge in [-0.2, -0.15) is 4.99 Å². The van der Waals surface area contributed by atoms with Gasteiger partial charge >= 0.3 is 11.9 Å². The molecule has 0 radical (unpaired) electrons. The summed E-state index contributed by atoms with van der Waals surface area (Å²) in [6.45, 7) is 0. The number of amidine groups is 1. The number of carboxylic acids is 2. The number of nitrogens with one attached hydrogen (secondary N) is 2. The highest BCUT2D eigenvalue weighted by Gasteiger charge is 2.35. The third kappa shape index (κ3) is 6.22. The second kappa shape index (κ2) is 11.3. The summed E-state index contributed by atoms with van der Waals surface area (Å²) in [6.07, 6.45) is 2.71. The fraction of sp³-hybridized carbons (Fsp3) is 0.391. The van der Waals surface area contributed by atoms with Gasteiger partial charge in [-0.1, -0.05) is 12.1 Å². The fourth-order valence-corrected chi connectivity index (χ4v) is 4.21. The topological polar surface area (TPSA) is 190 Å². The van der Waals surface area contributed by atoms with Crippen molar-refractivity contribution in [3.05, 3.63) is 46.7 Å². The number of carboxylic acid groups (broad SMARTS) is 2. The van der Waals surface area contributed by atoms with Crippen LogP contribution in [0.25, 0.3) is 0 Å². The first-order valence-corrected chi connectivity index (χ1v) is 11.0. The molecule has 3 rings (SSSR count). The number of aryl methyl sites for hydroxylation is 1. The van der Waals surface area contributed by atoms with E-state index in [1.165, 1.54) is 4.90 Å². The second-order valence-electron chi connectivity index (χ2n) is 8.31. The summed E-state index contributed by atoms with van der Waals surface area (Å²) in [5, 5.41) is 23.5. The minimum Gasteiger partial charge on any atom is -0.481 e. The lowest BCUT2D eigenvalue weighted by molar-refractivity contribution is -0.140. The van der Waals surface area contributed by atoms with Crippen LogP contribution < -0.4 is 5.32 Å². The van der Waals surface area contributed by atoms with E-state index in [1.807, 2.05) is 0 Å². The van der Waals surface area contributed by atoms with Gasteiger partial charge in [0.15, 0.2) is 5.84 Å². The molecule has 3 amide bonds. The van der Waals surface area contributed by atoms with E-state index in [0.717, 1.165) is 11.1 Å². The smallest absolute Gasteiger partial charge is 0.326 e. The van der Waals surface area contributed by atoms with Crippen molar-refractivity contribution >= 4 is 36.0 Å². The van der Waals surface area contributed by atoms with E-state index in [9.17, 15) is 29.1 Å². The zero-order valence-corrected chi connectivity index (χ0v) is 18.8. The number of aliphatic imine (C=N–C) groups is 1. The lowest BCUT2D eigenvalue weighted by Crippen LogP contribution is -2.41. The number of hydrogen-bond acceptors (Lipinski definition) is 7. The molecule has 2 atom stereocenters. The van der Waals surface area contributed by atoms with Gasteiger partial charge < -0.3 is 20.4 Å². The van der Waals surface area contributed by atoms with Crippen molar-refractivity contribution in [1.29, 1.82) is 5.53 Å². The van der Waals surface area contributed by atoms with E-state index >= 15 is 0 Å². The molecule has 12 heteroatoms. The third-order valence-electron chi connectivity index (χ3n) is 6.05. The summed E-state index contributed by atoms with van der Waals surface area (Å²) in [7, 11) is 0. The first-order chi connectivity index (χ1) is 16.7. The van der Waals surface area contributed by atoms with Gasteiger partial charge in [0.05, 0.1) is 0 Å². The van der Waals surface area contributed by atoms with Gasteiger partial charge in [0, 0.05) is 24.4 Å². The molecule has 4 N–H and O–H groups in total. The molecule has 0 saturated carbocycles. The Kier molecular flexibility index (Phi) is 8.18. The van der Waals surface area contributed by atoms with E-state index in [0.29, 0.717) is 32.1 Å². The van der Waals surface area contributed by atoms with E-state index in [1.54, 1.807) is 24.3 Å². The maximum Gasteiger partial charge on any atom is 0.326 e. The van der Waals surface area contributed by atoms with Crippen molar-refractivity contribution in [1.82, 2.24) is 10.2 Å². The van der Waals surface area contributed by atoms with Gasteiger partial charge in [-0.15, -0.1) is 5.11 Å². The SMILES string of the molecule is N=NC1=NC(=O)C2=C(CCC(CCc3ccc(C(=O)NC(CCC(=O)O)C(=O)O)cc3)N2C=O)C1. The molecule has 1 aromatic rings. The molecule has 35 heavy (non-hydrogen) atoms. The molecule has 2 aliphatic heterocycles. The molecular formula is C23H25N5O7. The first kappa shape index (κ1) is 25.4. The summed E-state index contributed by atoms with van der Waals surface area (Å²) < 4.78 is 0. The number of nitrogens with zero attached hydrogens (tertiary/aromatic N) is 3. The lowest BCUT2D eigenvalue weighted by Gasteiger charge is -2.36. The minimum absolute atomic E-state index is 0.138. The van der Waals surface area contributed by atoms with Gasteiger partial charge in [0.25, 0.3) is 11.8 Å². The van der Waals surface area contributed by atoms with E-state index < -0.39 is 29.8 Å². The quantitative estimate of drug-likeness (QED) is 0.288. The number of dihydropyridines is 1. The van der Waals surface area contributed by atoms with Crippen LogP contribution in [0.5, 0.6) is 0 Å². The number of amides is 3. The van der Waals surface area contributed by atoms with Crippen LogP contribution in [0.15, 0.2) is 45.6 Å². The largest absolute Gasteiger partial charge is 0.481 e. The molecule has 2 aliphatic rings. The van der Waals surface area contributed by atoms with Crippen molar-refractivity contribution in [2.45, 2.75) is 57.0 Å². The zero-order valence-electron chi connectivity index (χ0n) is 18.8. The van der Waals surface area contributed by atoms with Crippen molar-refractivity contribution in [3.8, 4) is 0 Å². The Morgan fingerprint density at radius 1 is 1.26 bits per heavy atom. The Morgan fingerprint density at radius 2 is 1.97 bits per heavy atom. The highest BCUT2D eigenvalue weighted by atomic mass is 16.4. The summed E-state index contributed by atoms with van der Waals surface area (Å²) in [6, 6.07) is 5.03. The average Bonchev–Trinajstić information content (AvgIpc) is 2.84. The summed E-state index contributed by atoms with van der Waals surface area (Å²) >= 11 is 0. The van der Waals surface area contributed by atoms with Gasteiger partial charge in [-0.25, -0.2) is 10.3 Å². The fourth-order valence-electron chi connectivity index (χ4n) is 4.21. The average molecular weight is 483 g/mol. The van der Waals surface area contributed by atoms with Crippen molar-refractivity contribution in [3.63, 3.8) is 0 Å². The van der Waals surface area contributed by atoms with Crippen molar-refractivity contribution in [2.24, 2.45) is 10.1 Å². The zero-order chi connectivity index (χ0) is 25.5. The molecule has 1 aromatic carbocycles. The Hall–Kier alpha value is -4.22. The summed E-state index contributed by atoms with van der Waals surface area (Å²) in [4.78, 5) is 63.7. The molecule has 184 valence electrons. The standard InChI is InChI=1S/C23H25N5O7/c24-27-18-11-15-6-8-16(28(12-29)20(15)22(33)26-18)7-3-13-1-4-14(5-2-13)21(32)25-17(23(34)35)9-10-19(30)31/h1-2,4-5,12,16-17,24H,3,6-11H2,(H,25,32)(H,30,31)(H,34,35). The van der Waals surface area contributed by atoms with Gasteiger partial charge in [0.1, 0.15) is 11.7 Å². The number of benzene rings is 1. The van der Waals surface area contributed by atoms with Crippen LogP contribution in [0.4, 0.5) is 0 Å². The van der Waals surface area contributed by atoms with Crippen LogP contribution in [0, 0.1) is 5.53 Å². The number of carbonyl (C=O) groups excluding carboxylic acids is 3. The molecule has 0 aliphatic carbocycles. The highest BCUT2D eigenvalue weighted by Crippen LogP contribution is 2.33. The normalized spacial score (nSPS) is 18.3. The van der Waals surface area contributed by atoms with Gasteiger partial charge in [0.2, 0.25) is 6.41 Å². The number of aliphatic carboxylic acids is 2. The molecule has 0 saturated heterocycles. The molecule has 2 heterocycles. The van der Waals surface area contributed by atoms with Crippen molar-refractivity contribution in [2.75, 3.05) is 0 Å². The minimum atomic E-state index is -1.31. The third-order valence-corrected chi connectivity index (χ3v) is 6.05. The van der Waals surface area contributed by atoms with Crippen LogP contribution in [0.2, 0.25) is 0 Å². The molecule has 2 unspecified atom stereocenters. The summed E-state index contributed by atoms with van der Waals surface area (Å²) in [5.41, 5.74) is 9.23.